The van der Waals surface area contributed by atoms with Crippen molar-refractivity contribution in [1.82, 2.24) is 4.90 Å². The van der Waals surface area contributed by atoms with E-state index in [1.54, 1.807) is 30.3 Å². The highest BCUT2D eigenvalue weighted by molar-refractivity contribution is 9.08. The van der Waals surface area contributed by atoms with Crippen LogP contribution in [0, 0.1) is 5.82 Å². The van der Waals surface area contributed by atoms with Gasteiger partial charge >= 0.3 is 11.9 Å². The first kappa shape index (κ1) is 24.8. The van der Waals surface area contributed by atoms with E-state index in [2.05, 4.69) is 15.9 Å². The molecule has 3 aliphatic heterocycles. The molecule has 3 fully saturated rings. The number of fused-ring (bicyclic) bond motifs is 5. The van der Waals surface area contributed by atoms with E-state index in [0.717, 1.165) is 12.1 Å². The van der Waals surface area contributed by atoms with Crippen molar-refractivity contribution in [2.75, 3.05) is 19.5 Å². The third-order valence-electron chi connectivity index (χ3n) is 6.64. The molecule has 4 unspecified atom stereocenters. The van der Waals surface area contributed by atoms with Crippen molar-refractivity contribution in [3.63, 3.8) is 0 Å². The molecule has 2 aromatic carbocycles. The number of piperidine rings is 1. The monoisotopic (exact) mass is 537 g/mol. The molecule has 3 heterocycles. The molecule has 0 aromatic heterocycles. The van der Waals surface area contributed by atoms with Crippen molar-refractivity contribution in [3.05, 3.63) is 71.5 Å². The van der Waals surface area contributed by atoms with Gasteiger partial charge in [0.2, 0.25) is 0 Å². The van der Waals surface area contributed by atoms with Gasteiger partial charge < -0.3 is 14.2 Å². The minimum atomic E-state index is -1.35. The van der Waals surface area contributed by atoms with Crippen LogP contribution in [0.1, 0.15) is 28.3 Å². The molecule has 0 radical (unpaired) electrons. The summed E-state index contributed by atoms with van der Waals surface area (Å²) in [6.45, 7) is -0.274. The van der Waals surface area contributed by atoms with Gasteiger partial charge in [0.1, 0.15) is 36.7 Å². The van der Waals surface area contributed by atoms with Gasteiger partial charge in [-0.15, -0.1) is 0 Å². The molecule has 7 atom stereocenters. The molecule has 0 spiro atoms. The molecule has 2 aromatic rings. The van der Waals surface area contributed by atoms with E-state index in [9.17, 15) is 14.0 Å². The van der Waals surface area contributed by atoms with Gasteiger partial charge in [0.05, 0.1) is 11.6 Å². The zero-order valence-corrected chi connectivity index (χ0v) is 20.4. The Balaban J connectivity index is 0.00000133. The number of epoxide rings is 1. The summed E-state index contributed by atoms with van der Waals surface area (Å²) in [7, 11) is 1.87. The number of ether oxygens (including phenoxy) is 3. The largest absolute Gasteiger partial charge is 0.461 e. The van der Waals surface area contributed by atoms with Crippen molar-refractivity contribution >= 4 is 27.9 Å². The number of hydrogen-bond donors (Lipinski definition) is 0. The Morgan fingerprint density at radius 1 is 1.12 bits per heavy atom. The van der Waals surface area contributed by atoms with Gasteiger partial charge in [-0.05, 0) is 42.7 Å². The lowest BCUT2D eigenvalue weighted by Crippen LogP contribution is -2.55. The van der Waals surface area contributed by atoms with E-state index in [-0.39, 0.29) is 30.4 Å². The van der Waals surface area contributed by atoms with Gasteiger partial charge in [0.25, 0.3) is 0 Å². The Hall–Kier alpha value is -2.36. The van der Waals surface area contributed by atoms with Crippen LogP contribution in [0.2, 0.25) is 0 Å². The van der Waals surface area contributed by atoms with Crippen LogP contribution in [0.3, 0.4) is 0 Å². The van der Waals surface area contributed by atoms with Crippen LogP contribution in [-0.2, 0) is 19.0 Å². The third kappa shape index (κ3) is 4.87. The Labute approximate surface area is 205 Å². The zero-order valence-electron chi connectivity index (χ0n) is 18.8. The van der Waals surface area contributed by atoms with Crippen LogP contribution >= 0.6 is 15.9 Å². The van der Waals surface area contributed by atoms with Crippen LogP contribution in [0.25, 0.3) is 0 Å². The smallest absolute Gasteiger partial charge is 0.338 e. The van der Waals surface area contributed by atoms with Gasteiger partial charge in [0.15, 0.2) is 6.17 Å². The molecular formula is C25H26BrF2NO5. The van der Waals surface area contributed by atoms with E-state index >= 15 is 4.39 Å². The summed E-state index contributed by atoms with van der Waals surface area (Å²) in [6, 6.07) is 13.3. The first-order valence-electron chi connectivity index (χ1n) is 11.0. The number of halogens is 3. The minimum absolute atomic E-state index is 0.00790. The highest BCUT2D eigenvalue weighted by Gasteiger charge is 2.67. The van der Waals surface area contributed by atoms with Crippen LogP contribution in [-0.4, -0.2) is 72.9 Å². The first-order valence-corrected chi connectivity index (χ1v) is 12.6. The fraction of sp³-hybridized carbons (Fsp3) is 0.440. The first-order chi connectivity index (χ1) is 16.4. The zero-order chi connectivity index (χ0) is 24.4. The number of alkyl halides is 2. The highest BCUT2D eigenvalue weighted by Crippen LogP contribution is 2.49. The fourth-order valence-electron chi connectivity index (χ4n) is 4.86. The average molecular weight is 538 g/mol. The average Bonchev–Trinajstić information content (AvgIpc) is 3.59. The summed E-state index contributed by atoms with van der Waals surface area (Å²) >= 11 is 2.94. The Morgan fingerprint density at radius 2 is 1.79 bits per heavy atom. The highest BCUT2D eigenvalue weighted by atomic mass is 79.9. The lowest BCUT2D eigenvalue weighted by Gasteiger charge is -2.40. The van der Waals surface area contributed by atoms with Crippen molar-refractivity contribution < 1.29 is 32.6 Å². The molecule has 3 aliphatic rings. The topological polar surface area (TPSA) is 68.4 Å². The number of morpholine rings is 1. The molecule has 34 heavy (non-hydrogen) atoms. The number of nitrogens with zero attached hydrogens (tertiary/aromatic N) is 1. The molecule has 9 heteroatoms. The number of carbonyl (C=O) groups is 2. The maximum atomic E-state index is 15.1. The summed E-state index contributed by atoms with van der Waals surface area (Å²) in [5.41, 5.74) is 0.767. The molecule has 2 bridgehead atoms. The maximum absolute atomic E-state index is 15.1. The number of hydrogen-bond acceptors (Lipinski definition) is 6. The summed E-state index contributed by atoms with van der Waals surface area (Å²) in [5, 5.41) is 0. The van der Waals surface area contributed by atoms with Crippen molar-refractivity contribution in [2.45, 2.75) is 48.9 Å². The Bertz CT molecular complexity index is 1010. The number of benzene rings is 2. The quantitative estimate of drug-likeness (QED) is 0.316. The number of carbonyl (C=O) groups excluding carboxylic acids is 2. The summed E-state index contributed by atoms with van der Waals surface area (Å²) in [4.78, 5) is 27.4. The van der Waals surface area contributed by atoms with Gasteiger partial charge in [-0.2, -0.15) is 0 Å². The van der Waals surface area contributed by atoms with E-state index in [1.165, 1.54) is 12.1 Å². The molecule has 6 nitrogen and oxygen atoms in total. The third-order valence-corrected chi connectivity index (χ3v) is 6.64. The lowest BCUT2D eigenvalue weighted by atomic mass is 9.96. The van der Waals surface area contributed by atoms with Crippen LogP contribution in [0.4, 0.5) is 8.78 Å². The van der Waals surface area contributed by atoms with Gasteiger partial charge in [-0.3, -0.25) is 9.69 Å². The van der Waals surface area contributed by atoms with E-state index in [4.69, 9.17) is 14.2 Å². The second-order valence-electron chi connectivity index (χ2n) is 8.51. The Morgan fingerprint density at radius 3 is 2.47 bits per heavy atom. The molecular weight excluding hydrogens is 512 g/mol. The number of esters is 2. The molecule has 5 rings (SSSR count). The SMILES string of the molecule is CBr.CN1C2C[C@@H](OC(=O)C(COC(=O)c3ccc(F)cc3)c3ccccc3)C(F)C1[C@@H]1O[C@H]21. The second kappa shape index (κ2) is 10.5. The molecule has 0 saturated carbocycles. The Kier molecular flexibility index (Phi) is 7.64. The summed E-state index contributed by atoms with van der Waals surface area (Å²) in [6.07, 6.45) is -1.99. The molecule has 0 N–H and O–H groups in total. The standard InChI is InChI=1S/C24H23F2NO5.CH3Br/c1-27-17-11-18(19(26)20(27)22-21(17)32-22)31-24(29)16(13-5-3-2-4-6-13)12-30-23(28)14-7-9-15(25)10-8-14;1-2/h2-10,16-22H,11-12H2,1H3;1H3/t16?,17?,18-,19?,20?,21-,22+;/m1./s1. The predicted octanol–water partition coefficient (Wildman–Crippen LogP) is 3.88. The van der Waals surface area contributed by atoms with Crippen LogP contribution in [0.5, 0.6) is 0 Å². The van der Waals surface area contributed by atoms with E-state index in [0.29, 0.717) is 12.0 Å². The van der Waals surface area contributed by atoms with Gasteiger partial charge in [0, 0.05) is 12.5 Å². The fourth-order valence-corrected chi connectivity index (χ4v) is 4.86. The van der Waals surface area contributed by atoms with Crippen LogP contribution in [0.15, 0.2) is 54.6 Å². The van der Waals surface area contributed by atoms with Crippen LogP contribution < -0.4 is 0 Å². The maximum Gasteiger partial charge on any atom is 0.338 e. The lowest BCUT2D eigenvalue weighted by molar-refractivity contribution is -0.163. The van der Waals surface area contributed by atoms with E-state index < -0.39 is 42.0 Å². The predicted molar refractivity (Wildman–Crippen MR) is 124 cm³/mol. The number of likely N-dealkylation sites (N-methyl/N-ethyl adjacent to an activating group) is 1. The molecule has 182 valence electrons. The molecule has 0 aliphatic carbocycles. The summed E-state index contributed by atoms with van der Waals surface area (Å²) < 4.78 is 44.8. The summed E-state index contributed by atoms with van der Waals surface area (Å²) in [5.74, 6) is -0.891. The van der Waals surface area contributed by atoms with E-state index in [1.807, 2.05) is 17.8 Å². The van der Waals surface area contributed by atoms with Crippen molar-refractivity contribution in [2.24, 2.45) is 0 Å². The number of rotatable bonds is 6. The van der Waals surface area contributed by atoms with Crippen molar-refractivity contribution in [3.8, 4) is 0 Å². The van der Waals surface area contributed by atoms with Gasteiger partial charge in [-0.1, -0.05) is 46.3 Å². The van der Waals surface area contributed by atoms with Crippen molar-refractivity contribution in [1.29, 1.82) is 0 Å². The normalized spacial score (nSPS) is 29.8. The molecule has 0 amide bonds. The second-order valence-corrected chi connectivity index (χ2v) is 8.51. The molecule has 3 saturated heterocycles. The van der Waals surface area contributed by atoms with Gasteiger partial charge in [-0.25, -0.2) is 13.6 Å². The minimum Gasteiger partial charge on any atom is -0.461 e.